The van der Waals surface area contributed by atoms with Gasteiger partial charge in [0, 0.05) is 18.0 Å². The summed E-state index contributed by atoms with van der Waals surface area (Å²) in [5.41, 5.74) is 8.25. The predicted molar refractivity (Wildman–Crippen MR) is 72.5 cm³/mol. The molecule has 0 bridgehead atoms. The van der Waals surface area contributed by atoms with Crippen molar-refractivity contribution < 1.29 is 14.6 Å². The highest BCUT2D eigenvalue weighted by atomic mass is 16.5. The minimum absolute atomic E-state index is 0.0293. The number of anilines is 1. The molecule has 0 aliphatic rings. The molecule has 0 spiro atoms. The van der Waals surface area contributed by atoms with E-state index >= 15 is 0 Å². The number of aromatic hydroxyl groups is 1. The number of benzene rings is 1. The van der Waals surface area contributed by atoms with Gasteiger partial charge in [-0.2, -0.15) is 4.98 Å². The molecule has 0 fully saturated rings. The summed E-state index contributed by atoms with van der Waals surface area (Å²) in [6.07, 6.45) is 1.69. The number of nitrogen functional groups attached to an aromatic ring is 1. The summed E-state index contributed by atoms with van der Waals surface area (Å²) in [5.74, 6) is 0.888. The van der Waals surface area contributed by atoms with Crippen LogP contribution in [0.25, 0.3) is 23.0 Å². The zero-order chi connectivity index (χ0) is 14.1. The van der Waals surface area contributed by atoms with Crippen LogP contribution in [0, 0.1) is 6.92 Å². The molecule has 100 valence electrons. The molecular weight excluding hydrogens is 256 g/mol. The molecule has 0 saturated carbocycles. The summed E-state index contributed by atoms with van der Waals surface area (Å²) in [6, 6.07) is 8.59. The molecular formula is C14H13N4O2+. The first-order chi connectivity index (χ1) is 9.65. The molecule has 3 aromatic rings. The predicted octanol–water partition coefficient (Wildman–Crippen LogP) is 1.81. The van der Waals surface area contributed by atoms with Gasteiger partial charge in [0.05, 0.1) is 0 Å². The Kier molecular flexibility index (Phi) is 2.83. The lowest BCUT2D eigenvalue weighted by molar-refractivity contribution is -0.357. The van der Waals surface area contributed by atoms with Gasteiger partial charge in [0.25, 0.3) is 0 Å². The third kappa shape index (κ3) is 2.07. The molecule has 4 N–H and O–H groups in total. The second-order valence-corrected chi connectivity index (χ2v) is 4.43. The first-order valence-electron chi connectivity index (χ1n) is 6.05. The molecule has 20 heavy (non-hydrogen) atoms. The van der Waals surface area contributed by atoms with Crippen molar-refractivity contribution in [1.29, 1.82) is 0 Å². The molecule has 6 heteroatoms. The minimum Gasteiger partial charge on any atom is -0.507 e. The van der Waals surface area contributed by atoms with Gasteiger partial charge in [-0.15, -0.1) is 0 Å². The van der Waals surface area contributed by atoms with E-state index in [2.05, 4.69) is 15.1 Å². The number of H-pyrrole nitrogens is 1. The Bertz CT molecular complexity index is 767. The second kappa shape index (κ2) is 4.65. The number of aromatic nitrogens is 3. The summed E-state index contributed by atoms with van der Waals surface area (Å²) in [7, 11) is 0. The van der Waals surface area contributed by atoms with Gasteiger partial charge < -0.3 is 10.8 Å². The maximum atomic E-state index is 9.88. The van der Waals surface area contributed by atoms with Crippen LogP contribution in [0.5, 0.6) is 5.75 Å². The highest BCUT2D eigenvalue weighted by Gasteiger charge is 2.23. The van der Waals surface area contributed by atoms with E-state index in [0.29, 0.717) is 28.7 Å². The molecule has 0 atom stereocenters. The summed E-state index contributed by atoms with van der Waals surface area (Å²) in [5, 5.41) is 13.8. The molecule has 0 saturated heterocycles. The number of hydrogen-bond acceptors (Lipinski definition) is 5. The van der Waals surface area contributed by atoms with Gasteiger partial charge >= 0.3 is 11.7 Å². The van der Waals surface area contributed by atoms with Crippen molar-refractivity contribution in [3.8, 4) is 28.7 Å². The van der Waals surface area contributed by atoms with Crippen LogP contribution in [0.4, 0.5) is 5.69 Å². The Labute approximate surface area is 114 Å². The highest BCUT2D eigenvalue weighted by Crippen LogP contribution is 2.28. The molecule has 0 amide bonds. The van der Waals surface area contributed by atoms with E-state index in [-0.39, 0.29) is 5.75 Å². The fourth-order valence-corrected chi connectivity index (χ4v) is 1.94. The first-order valence-corrected chi connectivity index (χ1v) is 6.05. The number of nitrogens with one attached hydrogen (secondary N) is 1. The third-order valence-electron chi connectivity index (χ3n) is 2.96. The van der Waals surface area contributed by atoms with Crippen molar-refractivity contribution in [3.63, 3.8) is 0 Å². The van der Waals surface area contributed by atoms with Crippen molar-refractivity contribution in [2.75, 3.05) is 5.73 Å². The van der Waals surface area contributed by atoms with Gasteiger partial charge in [0.15, 0.2) is 10.9 Å². The maximum absolute atomic E-state index is 9.88. The summed E-state index contributed by atoms with van der Waals surface area (Å²) >= 11 is 0. The van der Waals surface area contributed by atoms with Crippen LogP contribution in [0.15, 0.2) is 41.1 Å². The fourth-order valence-electron chi connectivity index (χ4n) is 1.94. The van der Waals surface area contributed by atoms with Crippen molar-refractivity contribution in [3.05, 3.63) is 42.1 Å². The largest absolute Gasteiger partial charge is 0.507 e. The molecule has 0 aliphatic heterocycles. The van der Waals surface area contributed by atoms with Gasteiger partial charge in [-0.25, -0.2) is 9.51 Å². The lowest BCUT2D eigenvalue weighted by Crippen LogP contribution is -2.07. The van der Waals surface area contributed by atoms with Crippen LogP contribution in [0.2, 0.25) is 0 Å². The monoisotopic (exact) mass is 269 g/mol. The van der Waals surface area contributed by atoms with Crippen molar-refractivity contribution in [1.82, 2.24) is 10.1 Å². The number of nitrogens with two attached hydrogens (primary N) is 1. The number of nitrogens with zero attached hydrogens (tertiary/aromatic N) is 2. The summed E-state index contributed by atoms with van der Waals surface area (Å²) in [6.45, 7) is 1.94. The Morgan fingerprint density at radius 1 is 1.30 bits per heavy atom. The maximum Gasteiger partial charge on any atom is 0.397 e. The first kappa shape index (κ1) is 12.2. The molecule has 3 rings (SSSR count). The van der Waals surface area contributed by atoms with E-state index < -0.39 is 0 Å². The van der Waals surface area contributed by atoms with E-state index in [1.807, 2.05) is 19.1 Å². The molecule has 1 aromatic carbocycles. The number of rotatable bonds is 2. The van der Waals surface area contributed by atoms with Crippen LogP contribution in [0.1, 0.15) is 5.56 Å². The Balaban J connectivity index is 2.04. The van der Waals surface area contributed by atoms with E-state index in [0.717, 1.165) is 5.56 Å². The summed E-state index contributed by atoms with van der Waals surface area (Å²) < 4.78 is 5.23. The molecule has 6 nitrogen and oxygen atoms in total. The average Bonchev–Trinajstić information content (AvgIpc) is 2.88. The number of pyridine rings is 1. The van der Waals surface area contributed by atoms with Gasteiger partial charge in [-0.3, -0.25) is 0 Å². The van der Waals surface area contributed by atoms with Gasteiger partial charge in [0.1, 0.15) is 11.3 Å². The van der Waals surface area contributed by atoms with Crippen LogP contribution < -0.4 is 10.7 Å². The third-order valence-corrected chi connectivity index (χ3v) is 2.96. The zero-order valence-electron chi connectivity index (χ0n) is 10.8. The van der Waals surface area contributed by atoms with Crippen molar-refractivity contribution in [2.24, 2.45) is 0 Å². The quantitative estimate of drug-likeness (QED) is 0.691. The molecule has 0 radical (unpaired) electrons. The normalized spacial score (nSPS) is 10.7. The van der Waals surface area contributed by atoms with E-state index in [4.69, 9.17) is 10.3 Å². The molecule has 0 unspecified atom stereocenters. The van der Waals surface area contributed by atoms with E-state index in [9.17, 15) is 5.11 Å². The van der Waals surface area contributed by atoms with Crippen LogP contribution in [-0.4, -0.2) is 15.2 Å². The highest BCUT2D eigenvalue weighted by molar-refractivity contribution is 5.65. The molecule has 2 aromatic heterocycles. The van der Waals surface area contributed by atoms with Crippen LogP contribution in [0.3, 0.4) is 0 Å². The smallest absolute Gasteiger partial charge is 0.397 e. The van der Waals surface area contributed by atoms with E-state index in [1.165, 1.54) is 6.07 Å². The number of phenols is 1. The Morgan fingerprint density at radius 3 is 2.90 bits per heavy atom. The average molecular weight is 269 g/mol. The Morgan fingerprint density at radius 2 is 2.15 bits per heavy atom. The van der Waals surface area contributed by atoms with Crippen LogP contribution in [-0.2, 0) is 0 Å². The standard InChI is InChI=1S/C14H12N4O2/c1-8-3-2-6-16-12(8)13-17-14(20-18-13)10-5-4-9(15)7-11(10)19/h2-7,19H,15H2,1H3/p+1. The lowest BCUT2D eigenvalue weighted by atomic mass is 10.2. The lowest BCUT2D eigenvalue weighted by Gasteiger charge is -1.98. The van der Waals surface area contributed by atoms with Crippen molar-refractivity contribution >= 4 is 5.69 Å². The van der Waals surface area contributed by atoms with Gasteiger partial charge in [0.2, 0.25) is 0 Å². The molecule has 2 heterocycles. The number of hydrogen-bond donors (Lipinski definition) is 2. The Hall–Kier alpha value is -2.89. The van der Waals surface area contributed by atoms with Crippen molar-refractivity contribution in [2.45, 2.75) is 6.92 Å². The summed E-state index contributed by atoms with van der Waals surface area (Å²) in [4.78, 5) is 7.26. The van der Waals surface area contributed by atoms with Crippen LogP contribution >= 0.6 is 0 Å². The molecule has 0 aliphatic carbocycles. The number of aromatic amines is 1. The number of aryl methyl sites for hydroxylation is 1. The topological polar surface area (TPSA) is 99.3 Å². The van der Waals surface area contributed by atoms with Gasteiger partial charge in [-0.1, -0.05) is 6.07 Å². The van der Waals surface area contributed by atoms with Gasteiger partial charge in [-0.05, 0) is 30.7 Å². The number of phenolic OH excluding ortho intramolecular Hbond substituents is 1. The fraction of sp³-hybridized carbons (Fsp3) is 0.0714. The van der Waals surface area contributed by atoms with E-state index in [1.54, 1.807) is 18.3 Å². The minimum atomic E-state index is 0.0293. The zero-order valence-corrected chi connectivity index (χ0v) is 10.8. The second-order valence-electron chi connectivity index (χ2n) is 4.43. The SMILES string of the molecule is Cc1cccnc1-c1noc(-c2ccc(N)cc2O)[nH+]1.